The van der Waals surface area contributed by atoms with Gasteiger partial charge in [0.05, 0.1) is 22.5 Å². The highest BCUT2D eigenvalue weighted by molar-refractivity contribution is 14.1. The summed E-state index contributed by atoms with van der Waals surface area (Å²) < 4.78 is 13.8. The van der Waals surface area contributed by atoms with Crippen LogP contribution in [0.5, 0.6) is 0 Å². The largest absolute Gasteiger partial charge is 0.293 e. The van der Waals surface area contributed by atoms with Crippen LogP contribution >= 0.6 is 38.5 Å². The number of benzene rings is 1. The molecule has 1 aromatic rings. The minimum absolute atomic E-state index is 0.0430. The number of hydrogen-bond acceptors (Lipinski definition) is 2. The standard InChI is InChI=1S/C9H4BrFINO/c10-3-8(14)9-6(11)1-5(4-13)2-7(9)12/h1-2H,3H2. The molecule has 0 saturated heterocycles. The molecular formula is C9H4BrFINO. The zero-order chi connectivity index (χ0) is 10.7. The molecule has 1 aromatic carbocycles. The van der Waals surface area contributed by atoms with Gasteiger partial charge in [0.2, 0.25) is 0 Å². The molecule has 0 unspecified atom stereocenters. The van der Waals surface area contributed by atoms with Crippen LogP contribution in [0.2, 0.25) is 0 Å². The van der Waals surface area contributed by atoms with Crippen molar-refractivity contribution in [3.8, 4) is 6.07 Å². The fraction of sp³-hybridized carbons (Fsp3) is 0.111. The Morgan fingerprint density at radius 2 is 2.29 bits per heavy atom. The van der Waals surface area contributed by atoms with Crippen LogP contribution in [0.3, 0.4) is 0 Å². The lowest BCUT2D eigenvalue weighted by Crippen LogP contribution is -2.06. The van der Waals surface area contributed by atoms with Crippen molar-refractivity contribution in [2.45, 2.75) is 0 Å². The first-order valence-electron chi connectivity index (χ1n) is 3.58. The Kier molecular flexibility index (Phi) is 4.01. The third-order valence-electron chi connectivity index (χ3n) is 1.57. The maximum atomic E-state index is 13.3. The fourth-order valence-electron chi connectivity index (χ4n) is 0.971. The third-order valence-corrected chi connectivity index (χ3v) is 2.93. The summed E-state index contributed by atoms with van der Waals surface area (Å²) in [6, 6.07) is 4.38. The van der Waals surface area contributed by atoms with Gasteiger partial charge in [0.1, 0.15) is 5.82 Å². The molecular weight excluding hydrogens is 364 g/mol. The number of ketones is 1. The Bertz CT molecular complexity index is 404. The molecule has 2 nitrogen and oxygen atoms in total. The summed E-state index contributed by atoms with van der Waals surface area (Å²) in [5, 5.41) is 8.63. The molecule has 72 valence electrons. The lowest BCUT2D eigenvalue weighted by Gasteiger charge is -2.03. The van der Waals surface area contributed by atoms with E-state index in [9.17, 15) is 9.18 Å². The summed E-state index contributed by atoms with van der Waals surface area (Å²) in [6.45, 7) is 0. The maximum Gasteiger partial charge on any atom is 0.177 e. The van der Waals surface area contributed by atoms with E-state index in [4.69, 9.17) is 5.26 Å². The second-order valence-electron chi connectivity index (χ2n) is 2.48. The van der Waals surface area contributed by atoms with Crippen LogP contribution in [0.4, 0.5) is 4.39 Å². The van der Waals surface area contributed by atoms with E-state index in [2.05, 4.69) is 15.9 Å². The Hall–Kier alpha value is -0.480. The first-order valence-corrected chi connectivity index (χ1v) is 5.78. The molecule has 0 spiro atoms. The van der Waals surface area contributed by atoms with Crippen molar-refractivity contribution in [2.75, 3.05) is 5.33 Å². The highest BCUT2D eigenvalue weighted by Crippen LogP contribution is 2.19. The molecule has 0 N–H and O–H groups in total. The van der Waals surface area contributed by atoms with Gasteiger partial charge in [-0.05, 0) is 34.7 Å². The number of rotatable bonds is 2. The van der Waals surface area contributed by atoms with E-state index in [-0.39, 0.29) is 22.2 Å². The molecule has 0 aromatic heterocycles. The van der Waals surface area contributed by atoms with Gasteiger partial charge in [-0.25, -0.2) is 4.39 Å². The highest BCUT2D eigenvalue weighted by atomic mass is 127. The normalized spacial score (nSPS) is 9.57. The van der Waals surface area contributed by atoms with Crippen LogP contribution in [-0.2, 0) is 0 Å². The van der Waals surface area contributed by atoms with Crippen molar-refractivity contribution in [1.82, 2.24) is 0 Å². The zero-order valence-electron chi connectivity index (χ0n) is 6.85. The zero-order valence-corrected chi connectivity index (χ0v) is 10.6. The average Bonchev–Trinajstić information content (AvgIpc) is 2.16. The summed E-state index contributed by atoms with van der Waals surface area (Å²) in [5.74, 6) is -0.964. The van der Waals surface area contributed by atoms with Crippen molar-refractivity contribution in [3.63, 3.8) is 0 Å². The number of alkyl halides is 1. The van der Waals surface area contributed by atoms with Gasteiger partial charge in [-0.15, -0.1) is 0 Å². The van der Waals surface area contributed by atoms with Gasteiger partial charge >= 0.3 is 0 Å². The van der Waals surface area contributed by atoms with Gasteiger partial charge in [0.25, 0.3) is 0 Å². The van der Waals surface area contributed by atoms with Crippen LogP contribution in [0, 0.1) is 20.7 Å². The summed E-state index contributed by atoms with van der Waals surface area (Å²) >= 11 is 4.81. The van der Waals surface area contributed by atoms with Gasteiger partial charge in [-0.2, -0.15) is 5.26 Å². The Morgan fingerprint density at radius 1 is 1.64 bits per heavy atom. The molecule has 0 aliphatic carbocycles. The number of hydrogen-bond donors (Lipinski definition) is 0. The summed E-state index contributed by atoms with van der Waals surface area (Å²) in [6.07, 6.45) is 0. The number of carbonyl (C=O) groups is 1. The van der Waals surface area contributed by atoms with Crippen molar-refractivity contribution in [1.29, 1.82) is 5.26 Å². The van der Waals surface area contributed by atoms with E-state index in [0.717, 1.165) is 6.07 Å². The van der Waals surface area contributed by atoms with Crippen LogP contribution in [-0.4, -0.2) is 11.1 Å². The Balaban J connectivity index is 3.34. The van der Waals surface area contributed by atoms with E-state index in [0.29, 0.717) is 3.57 Å². The van der Waals surface area contributed by atoms with Gasteiger partial charge in [-0.1, -0.05) is 15.9 Å². The minimum Gasteiger partial charge on any atom is -0.293 e. The average molecular weight is 368 g/mol. The summed E-state index contributed by atoms with van der Waals surface area (Å²) in [5.41, 5.74) is 0.263. The van der Waals surface area contributed by atoms with E-state index >= 15 is 0 Å². The molecule has 0 amide bonds. The lowest BCUT2D eigenvalue weighted by molar-refractivity contribution is 0.101. The topological polar surface area (TPSA) is 40.9 Å². The highest BCUT2D eigenvalue weighted by Gasteiger charge is 2.15. The molecule has 1 rings (SSSR count). The van der Waals surface area contributed by atoms with Crippen LogP contribution < -0.4 is 0 Å². The predicted molar refractivity (Wildman–Crippen MR) is 62.0 cm³/mol. The second kappa shape index (κ2) is 4.84. The SMILES string of the molecule is N#Cc1cc(F)c(C(=O)CBr)c(I)c1. The van der Waals surface area contributed by atoms with Crippen LogP contribution in [0.1, 0.15) is 15.9 Å². The van der Waals surface area contributed by atoms with Crippen molar-refractivity contribution in [2.24, 2.45) is 0 Å². The molecule has 0 bridgehead atoms. The second-order valence-corrected chi connectivity index (χ2v) is 4.21. The summed E-state index contributed by atoms with van der Waals surface area (Å²) in [4.78, 5) is 11.3. The van der Waals surface area contributed by atoms with Gasteiger partial charge in [-0.3, -0.25) is 4.79 Å². The minimum atomic E-state index is -0.641. The first-order chi connectivity index (χ1) is 6.60. The predicted octanol–water partition coefficient (Wildman–Crippen LogP) is 2.88. The van der Waals surface area contributed by atoms with Gasteiger partial charge < -0.3 is 0 Å². The van der Waals surface area contributed by atoms with E-state index in [1.54, 1.807) is 0 Å². The Labute approximate surface area is 102 Å². The van der Waals surface area contributed by atoms with Gasteiger partial charge in [0.15, 0.2) is 5.78 Å². The first kappa shape index (κ1) is 11.6. The molecule has 0 aliphatic heterocycles. The van der Waals surface area contributed by atoms with Crippen molar-refractivity contribution >= 4 is 44.3 Å². The van der Waals surface area contributed by atoms with Crippen molar-refractivity contribution in [3.05, 3.63) is 32.6 Å². The molecule has 0 saturated carbocycles. The number of nitriles is 1. The number of halogens is 3. The molecule has 14 heavy (non-hydrogen) atoms. The van der Waals surface area contributed by atoms with E-state index < -0.39 is 5.82 Å². The quantitative estimate of drug-likeness (QED) is 0.458. The smallest absolute Gasteiger partial charge is 0.177 e. The van der Waals surface area contributed by atoms with Gasteiger partial charge in [0, 0.05) is 3.57 Å². The number of carbonyl (C=O) groups excluding carboxylic acids is 1. The number of Topliss-reactive ketones (excluding diaryl/α,β-unsaturated/α-hetero) is 1. The molecule has 0 aliphatic rings. The van der Waals surface area contributed by atoms with E-state index in [1.165, 1.54) is 6.07 Å². The van der Waals surface area contributed by atoms with E-state index in [1.807, 2.05) is 28.7 Å². The van der Waals surface area contributed by atoms with Crippen LogP contribution in [0.25, 0.3) is 0 Å². The molecule has 0 fully saturated rings. The lowest BCUT2D eigenvalue weighted by atomic mass is 10.1. The molecule has 0 heterocycles. The van der Waals surface area contributed by atoms with Crippen molar-refractivity contribution < 1.29 is 9.18 Å². The number of nitrogens with zero attached hydrogens (tertiary/aromatic N) is 1. The summed E-state index contributed by atoms with van der Waals surface area (Å²) in [7, 11) is 0. The molecule has 0 atom stereocenters. The fourth-order valence-corrected chi connectivity index (χ4v) is 2.15. The Morgan fingerprint density at radius 3 is 2.71 bits per heavy atom. The maximum absolute atomic E-state index is 13.3. The molecule has 5 heteroatoms. The van der Waals surface area contributed by atoms with Crippen LogP contribution in [0.15, 0.2) is 12.1 Å². The monoisotopic (exact) mass is 367 g/mol. The third kappa shape index (κ3) is 2.30. The molecule has 0 radical (unpaired) electrons.